The van der Waals surface area contributed by atoms with Gasteiger partial charge in [0.05, 0.1) is 0 Å². The average Bonchev–Trinajstić information content (AvgIpc) is 2.98. The lowest BCUT2D eigenvalue weighted by Crippen LogP contribution is -2.20. The molecule has 5 heteroatoms. The normalized spacial score (nSPS) is 18.2. The fraction of sp³-hybridized carbons (Fsp3) is 0.455. The van der Waals surface area contributed by atoms with Crippen molar-refractivity contribution >= 4 is 0 Å². The van der Waals surface area contributed by atoms with Crippen LogP contribution in [0.2, 0.25) is 0 Å². The zero-order valence-electron chi connectivity index (χ0n) is 8.50. The van der Waals surface area contributed by atoms with Crippen LogP contribution in [0.3, 0.4) is 0 Å². The summed E-state index contributed by atoms with van der Waals surface area (Å²) < 4.78 is 40.4. The number of ether oxygens (including phenoxy) is 1. The summed E-state index contributed by atoms with van der Waals surface area (Å²) in [6.45, 7) is 0. The van der Waals surface area contributed by atoms with Crippen LogP contribution in [0.1, 0.15) is 24.4 Å². The molecular formula is C11H12F3NO. The van der Waals surface area contributed by atoms with Gasteiger partial charge in [-0.1, -0.05) is 18.2 Å². The lowest BCUT2D eigenvalue weighted by atomic mass is 10.0. The Morgan fingerprint density at radius 3 is 2.44 bits per heavy atom. The Morgan fingerprint density at radius 1 is 1.25 bits per heavy atom. The predicted molar refractivity (Wildman–Crippen MR) is 52.8 cm³/mol. The number of halogens is 3. The molecular weight excluding hydrogens is 219 g/mol. The molecule has 2 rings (SSSR count). The van der Waals surface area contributed by atoms with Gasteiger partial charge in [0, 0.05) is 11.6 Å². The molecule has 1 aromatic rings. The SMILES string of the molecule is N[C@H](c1ccccc1OC(F)(F)F)C1CC1. The second-order valence-electron chi connectivity index (χ2n) is 3.95. The van der Waals surface area contributed by atoms with Crippen LogP contribution >= 0.6 is 0 Å². The maximum Gasteiger partial charge on any atom is 0.573 e. The molecule has 1 saturated carbocycles. The summed E-state index contributed by atoms with van der Waals surface area (Å²) >= 11 is 0. The Morgan fingerprint density at radius 2 is 1.88 bits per heavy atom. The fourth-order valence-electron chi connectivity index (χ4n) is 1.68. The molecule has 2 N–H and O–H groups in total. The van der Waals surface area contributed by atoms with E-state index in [0.717, 1.165) is 12.8 Å². The first-order valence-electron chi connectivity index (χ1n) is 5.07. The van der Waals surface area contributed by atoms with Crippen LogP contribution in [0.25, 0.3) is 0 Å². The van der Waals surface area contributed by atoms with Crippen molar-refractivity contribution in [2.24, 2.45) is 11.7 Å². The molecule has 0 spiro atoms. The van der Waals surface area contributed by atoms with Gasteiger partial charge in [-0.3, -0.25) is 0 Å². The molecule has 0 bridgehead atoms. The molecule has 1 fully saturated rings. The fourth-order valence-corrected chi connectivity index (χ4v) is 1.68. The molecule has 0 heterocycles. The lowest BCUT2D eigenvalue weighted by Gasteiger charge is -2.17. The van der Waals surface area contributed by atoms with Gasteiger partial charge in [0.15, 0.2) is 0 Å². The van der Waals surface area contributed by atoms with E-state index in [1.54, 1.807) is 12.1 Å². The van der Waals surface area contributed by atoms with Gasteiger partial charge in [0.1, 0.15) is 5.75 Å². The van der Waals surface area contributed by atoms with Gasteiger partial charge >= 0.3 is 6.36 Å². The molecule has 1 aliphatic carbocycles. The summed E-state index contributed by atoms with van der Waals surface area (Å²) in [6.07, 6.45) is -2.72. The molecule has 0 saturated heterocycles. The number of alkyl halides is 3. The molecule has 0 unspecified atom stereocenters. The molecule has 1 atom stereocenters. The van der Waals surface area contributed by atoms with Gasteiger partial charge in [-0.2, -0.15) is 0 Å². The van der Waals surface area contributed by atoms with E-state index in [4.69, 9.17) is 5.73 Å². The van der Waals surface area contributed by atoms with E-state index < -0.39 is 6.36 Å². The smallest absolute Gasteiger partial charge is 0.405 e. The summed E-state index contributed by atoms with van der Waals surface area (Å²) in [6, 6.07) is 5.69. The summed E-state index contributed by atoms with van der Waals surface area (Å²) in [7, 11) is 0. The van der Waals surface area contributed by atoms with Crippen LogP contribution in [-0.2, 0) is 0 Å². The van der Waals surface area contributed by atoms with Crippen molar-refractivity contribution in [2.75, 3.05) is 0 Å². The first kappa shape index (κ1) is 11.3. The van der Waals surface area contributed by atoms with Crippen molar-refractivity contribution < 1.29 is 17.9 Å². The first-order chi connectivity index (χ1) is 7.47. The zero-order chi connectivity index (χ0) is 11.8. The van der Waals surface area contributed by atoms with Crippen LogP contribution in [0.4, 0.5) is 13.2 Å². The number of hydrogen-bond donors (Lipinski definition) is 1. The van der Waals surface area contributed by atoms with E-state index in [2.05, 4.69) is 4.74 Å². The predicted octanol–water partition coefficient (Wildman–Crippen LogP) is 3.00. The second kappa shape index (κ2) is 3.97. The molecule has 1 aliphatic rings. The summed E-state index contributed by atoms with van der Waals surface area (Å²) in [4.78, 5) is 0. The van der Waals surface area contributed by atoms with E-state index in [9.17, 15) is 13.2 Å². The summed E-state index contributed by atoms with van der Waals surface area (Å²) in [5.74, 6) is 0.104. The van der Waals surface area contributed by atoms with Crippen molar-refractivity contribution in [3.63, 3.8) is 0 Å². The van der Waals surface area contributed by atoms with E-state index >= 15 is 0 Å². The van der Waals surface area contributed by atoms with Crippen molar-refractivity contribution in [1.29, 1.82) is 0 Å². The number of hydrogen-bond acceptors (Lipinski definition) is 2. The van der Waals surface area contributed by atoms with Crippen LogP contribution in [0.15, 0.2) is 24.3 Å². The van der Waals surface area contributed by atoms with Crippen LogP contribution in [0.5, 0.6) is 5.75 Å². The molecule has 0 aliphatic heterocycles. The first-order valence-corrected chi connectivity index (χ1v) is 5.07. The van der Waals surface area contributed by atoms with Gasteiger partial charge < -0.3 is 10.5 Å². The van der Waals surface area contributed by atoms with Gasteiger partial charge in [-0.25, -0.2) is 0 Å². The molecule has 16 heavy (non-hydrogen) atoms. The van der Waals surface area contributed by atoms with Gasteiger partial charge in [0.25, 0.3) is 0 Å². The lowest BCUT2D eigenvalue weighted by molar-refractivity contribution is -0.275. The van der Waals surface area contributed by atoms with Gasteiger partial charge in [-0.05, 0) is 24.8 Å². The third-order valence-electron chi connectivity index (χ3n) is 2.63. The van der Waals surface area contributed by atoms with E-state index in [1.807, 2.05) is 0 Å². The zero-order valence-corrected chi connectivity index (χ0v) is 8.50. The second-order valence-corrected chi connectivity index (χ2v) is 3.95. The third-order valence-corrected chi connectivity index (χ3v) is 2.63. The number of nitrogens with two attached hydrogens (primary N) is 1. The van der Waals surface area contributed by atoms with E-state index in [1.165, 1.54) is 12.1 Å². The molecule has 88 valence electrons. The Balaban J connectivity index is 2.22. The van der Waals surface area contributed by atoms with E-state index in [-0.39, 0.29) is 17.7 Å². The number of para-hydroxylation sites is 1. The Bertz CT molecular complexity index is 374. The Kier molecular flexibility index (Phi) is 2.80. The highest BCUT2D eigenvalue weighted by Crippen LogP contribution is 2.42. The number of rotatable bonds is 3. The topological polar surface area (TPSA) is 35.2 Å². The van der Waals surface area contributed by atoms with Crippen molar-refractivity contribution in [2.45, 2.75) is 25.2 Å². The Labute approximate surface area is 91.2 Å². The highest BCUT2D eigenvalue weighted by atomic mass is 19.4. The Hall–Kier alpha value is -1.23. The maximum absolute atomic E-state index is 12.1. The van der Waals surface area contributed by atoms with Crippen LogP contribution < -0.4 is 10.5 Å². The maximum atomic E-state index is 12.1. The molecule has 0 amide bonds. The van der Waals surface area contributed by atoms with Crippen LogP contribution in [0, 0.1) is 5.92 Å². The number of benzene rings is 1. The van der Waals surface area contributed by atoms with Crippen molar-refractivity contribution in [1.82, 2.24) is 0 Å². The highest BCUT2D eigenvalue weighted by Gasteiger charge is 2.35. The summed E-state index contributed by atoms with van der Waals surface area (Å²) in [5, 5.41) is 0. The standard InChI is InChI=1S/C11H12F3NO/c12-11(13,14)16-9-4-2-1-3-8(9)10(15)7-5-6-7/h1-4,7,10H,5-6,15H2/t10-/m0/s1. The molecule has 1 aromatic carbocycles. The van der Waals surface area contributed by atoms with Gasteiger partial charge in [0.2, 0.25) is 0 Å². The average molecular weight is 231 g/mol. The molecule has 2 nitrogen and oxygen atoms in total. The van der Waals surface area contributed by atoms with Gasteiger partial charge in [-0.15, -0.1) is 13.2 Å². The molecule has 0 aromatic heterocycles. The summed E-state index contributed by atoms with van der Waals surface area (Å²) in [5.41, 5.74) is 6.31. The van der Waals surface area contributed by atoms with Crippen molar-refractivity contribution in [3.05, 3.63) is 29.8 Å². The molecule has 0 radical (unpaired) electrons. The minimum absolute atomic E-state index is 0.186. The largest absolute Gasteiger partial charge is 0.573 e. The monoisotopic (exact) mass is 231 g/mol. The highest BCUT2D eigenvalue weighted by molar-refractivity contribution is 5.36. The van der Waals surface area contributed by atoms with Crippen molar-refractivity contribution in [3.8, 4) is 5.75 Å². The van der Waals surface area contributed by atoms with Crippen LogP contribution in [-0.4, -0.2) is 6.36 Å². The third kappa shape index (κ3) is 2.66. The minimum atomic E-state index is -4.67. The quantitative estimate of drug-likeness (QED) is 0.867. The minimum Gasteiger partial charge on any atom is -0.405 e. The van der Waals surface area contributed by atoms with E-state index in [0.29, 0.717) is 5.56 Å².